The summed E-state index contributed by atoms with van der Waals surface area (Å²) >= 11 is 0. The van der Waals surface area contributed by atoms with E-state index in [-0.39, 0.29) is 5.47 Å². The van der Waals surface area contributed by atoms with Crippen molar-refractivity contribution in [3.63, 3.8) is 0 Å². The number of hydrogen-bond acceptors (Lipinski definition) is 1. The quantitative estimate of drug-likeness (QED) is 0.645. The molecule has 1 aromatic rings. The monoisotopic (exact) mass is 209 g/mol. The Morgan fingerprint density at radius 2 is 1.60 bits per heavy atom. The first-order chi connectivity index (χ1) is 7.18. The Morgan fingerprint density at radius 1 is 0.933 bits per heavy atom. The maximum absolute atomic E-state index is 13.1. The Morgan fingerprint density at radius 3 is 2.27 bits per heavy atom. The van der Waals surface area contributed by atoms with Crippen molar-refractivity contribution in [2.24, 2.45) is 0 Å². The minimum absolute atomic E-state index is 0.102. The molecule has 15 heavy (non-hydrogen) atoms. The molecule has 0 aromatic heterocycles. The van der Waals surface area contributed by atoms with Crippen LogP contribution in [0.2, 0.25) is 0 Å². The van der Waals surface area contributed by atoms with E-state index in [1.807, 2.05) is 0 Å². The molecule has 5 heteroatoms. The van der Waals surface area contributed by atoms with Crippen LogP contribution in [-0.2, 0) is 4.74 Å². The topological polar surface area (TPSA) is 9.23 Å². The van der Waals surface area contributed by atoms with Gasteiger partial charge in [-0.3, -0.25) is 0 Å². The van der Waals surface area contributed by atoms with Gasteiger partial charge in [-0.15, -0.1) is 0 Å². The van der Waals surface area contributed by atoms with Crippen LogP contribution in [0.3, 0.4) is 0 Å². The molecule has 1 aliphatic heterocycles. The molecule has 1 aliphatic rings. The summed E-state index contributed by atoms with van der Waals surface area (Å²) < 4.78 is 42.4. The van der Waals surface area contributed by atoms with Gasteiger partial charge in [0.15, 0.2) is 0 Å². The van der Waals surface area contributed by atoms with E-state index in [4.69, 9.17) is 0 Å². The van der Waals surface area contributed by atoms with Crippen LogP contribution in [0.1, 0.15) is 5.56 Å². The van der Waals surface area contributed by atoms with E-state index < -0.39 is 17.8 Å². The Hall–Kier alpha value is -1.65. The number of benzene rings is 1. The van der Waals surface area contributed by atoms with Crippen molar-refractivity contribution in [2.45, 2.75) is 0 Å². The Labute approximate surface area is 85.1 Å². The van der Waals surface area contributed by atoms with Crippen LogP contribution in [0.25, 0.3) is 5.47 Å². The van der Waals surface area contributed by atoms with Crippen molar-refractivity contribution in [3.8, 4) is 0 Å². The van der Waals surface area contributed by atoms with Crippen molar-refractivity contribution in [1.82, 2.24) is 0 Å². The van der Waals surface area contributed by atoms with E-state index in [2.05, 4.69) is 4.74 Å². The molecular formula is C10H5BF3O. The highest BCUT2D eigenvalue weighted by molar-refractivity contribution is 6.67. The van der Waals surface area contributed by atoms with E-state index in [1.165, 1.54) is 0 Å². The fraction of sp³-hybridized carbons (Fsp3) is 0. The number of rotatable bonds is 1. The average molecular weight is 209 g/mol. The van der Waals surface area contributed by atoms with Crippen molar-refractivity contribution >= 4 is 12.8 Å². The zero-order chi connectivity index (χ0) is 10.8. The first-order valence-corrected chi connectivity index (χ1v) is 4.21. The van der Waals surface area contributed by atoms with Gasteiger partial charge in [-0.1, -0.05) is 30.3 Å². The molecule has 0 saturated carbocycles. The zero-order valence-electron chi connectivity index (χ0n) is 7.51. The van der Waals surface area contributed by atoms with Crippen molar-refractivity contribution in [3.05, 3.63) is 53.6 Å². The molecule has 1 aromatic carbocycles. The molecule has 1 nitrogen and oxygen atoms in total. The van der Waals surface area contributed by atoms with Crippen LogP contribution in [0.4, 0.5) is 13.2 Å². The van der Waals surface area contributed by atoms with Gasteiger partial charge in [-0.2, -0.15) is 8.78 Å². The molecule has 0 fully saturated rings. The Kier molecular flexibility index (Phi) is 2.54. The number of hydrogen-bond donors (Lipinski definition) is 0. The SMILES string of the molecule is FC1=C(F)OC(F)=C(c2ccccc2)[B]1. The molecule has 1 heterocycles. The summed E-state index contributed by atoms with van der Waals surface area (Å²) in [5.74, 6) is 0. The van der Waals surface area contributed by atoms with Gasteiger partial charge in [0.1, 0.15) is 5.73 Å². The molecule has 2 rings (SSSR count). The van der Waals surface area contributed by atoms with Crippen molar-refractivity contribution < 1.29 is 17.9 Å². The summed E-state index contributed by atoms with van der Waals surface area (Å²) in [4.78, 5) is 0. The lowest BCUT2D eigenvalue weighted by molar-refractivity contribution is 0.147. The molecule has 0 bridgehead atoms. The lowest BCUT2D eigenvalue weighted by Gasteiger charge is -2.13. The summed E-state index contributed by atoms with van der Waals surface area (Å²) in [6, 6.07) is 5.52. The molecular weight excluding hydrogens is 204 g/mol. The molecule has 1 radical (unpaired) electrons. The van der Waals surface area contributed by atoms with Gasteiger partial charge in [-0.25, -0.2) is 4.39 Å². The fourth-order valence-corrected chi connectivity index (χ4v) is 1.24. The van der Waals surface area contributed by atoms with Gasteiger partial charge in [0.25, 0.3) is 6.01 Å². The van der Waals surface area contributed by atoms with Crippen LogP contribution in [0.15, 0.2) is 48.1 Å². The first kappa shape index (κ1) is 9.89. The summed E-state index contributed by atoms with van der Waals surface area (Å²) in [5.41, 5.74) is -0.887. The third-order valence-corrected chi connectivity index (χ3v) is 1.93. The van der Waals surface area contributed by atoms with Crippen LogP contribution in [0.5, 0.6) is 0 Å². The van der Waals surface area contributed by atoms with Crippen LogP contribution < -0.4 is 0 Å². The molecule has 0 amide bonds. The predicted molar refractivity (Wildman–Crippen MR) is 50.6 cm³/mol. The molecule has 0 spiro atoms. The molecule has 0 unspecified atom stereocenters. The molecule has 0 saturated heterocycles. The van der Waals surface area contributed by atoms with Gasteiger partial charge in [0.2, 0.25) is 7.28 Å². The standard InChI is InChI=1S/C10H5BF3O/c12-8-10(14)15-9(13)7(11-8)6-4-2-1-3-5-6/h1-5H. The van der Waals surface area contributed by atoms with E-state index in [0.29, 0.717) is 5.56 Å². The number of ether oxygens (including phenoxy) is 1. The number of halogens is 3. The largest absolute Gasteiger partial charge is 0.403 e. The first-order valence-electron chi connectivity index (χ1n) is 4.21. The van der Waals surface area contributed by atoms with E-state index in [0.717, 1.165) is 7.28 Å². The highest BCUT2D eigenvalue weighted by Gasteiger charge is 2.25. The van der Waals surface area contributed by atoms with Crippen LogP contribution >= 0.6 is 0 Å². The minimum atomic E-state index is -1.55. The van der Waals surface area contributed by atoms with Gasteiger partial charge in [0.05, 0.1) is 0 Å². The van der Waals surface area contributed by atoms with Crippen molar-refractivity contribution in [2.75, 3.05) is 0 Å². The molecule has 0 aliphatic carbocycles. The maximum atomic E-state index is 13.1. The molecule has 0 atom stereocenters. The van der Waals surface area contributed by atoms with Crippen LogP contribution in [-0.4, -0.2) is 7.28 Å². The lowest BCUT2D eigenvalue weighted by atomic mass is 9.65. The second-order valence-electron chi connectivity index (χ2n) is 2.92. The van der Waals surface area contributed by atoms with E-state index >= 15 is 0 Å². The average Bonchev–Trinajstić information content (AvgIpc) is 2.25. The third kappa shape index (κ3) is 1.91. The third-order valence-electron chi connectivity index (χ3n) is 1.93. The highest BCUT2D eigenvalue weighted by atomic mass is 19.2. The van der Waals surface area contributed by atoms with Gasteiger partial charge in [0, 0.05) is 5.47 Å². The van der Waals surface area contributed by atoms with Crippen molar-refractivity contribution in [1.29, 1.82) is 0 Å². The lowest BCUT2D eigenvalue weighted by Crippen LogP contribution is -2.09. The predicted octanol–water partition coefficient (Wildman–Crippen LogP) is 3.08. The summed E-state index contributed by atoms with van der Waals surface area (Å²) in [5, 5.41) is 0. The van der Waals surface area contributed by atoms with Gasteiger partial charge in [-0.05, 0) is 5.56 Å². The summed E-state index contributed by atoms with van der Waals surface area (Å²) in [6.45, 7) is 0. The van der Waals surface area contributed by atoms with E-state index in [9.17, 15) is 13.2 Å². The summed E-state index contributed by atoms with van der Waals surface area (Å²) in [6.07, 6.45) is 0. The summed E-state index contributed by atoms with van der Waals surface area (Å²) in [7, 11) is 0.767. The maximum Gasteiger partial charge on any atom is 0.301 e. The minimum Gasteiger partial charge on any atom is -0.403 e. The Bertz CT molecular complexity index is 439. The molecule has 0 N–H and O–H groups in total. The second kappa shape index (κ2) is 3.84. The van der Waals surface area contributed by atoms with Gasteiger partial charge < -0.3 is 4.74 Å². The smallest absolute Gasteiger partial charge is 0.301 e. The Balaban J connectivity index is 2.36. The van der Waals surface area contributed by atoms with Gasteiger partial charge >= 0.3 is 6.01 Å². The normalized spacial score (nSPS) is 16.2. The van der Waals surface area contributed by atoms with E-state index in [1.54, 1.807) is 30.3 Å². The fourth-order valence-electron chi connectivity index (χ4n) is 1.24. The van der Waals surface area contributed by atoms with Crippen LogP contribution in [0, 0.1) is 0 Å². The molecule has 75 valence electrons. The zero-order valence-corrected chi connectivity index (χ0v) is 7.51. The highest BCUT2D eigenvalue weighted by Crippen LogP contribution is 2.30. The second-order valence-corrected chi connectivity index (χ2v) is 2.92.